The molecule has 0 aromatic heterocycles. The third-order valence-electron chi connectivity index (χ3n) is 4.38. The zero-order valence-corrected chi connectivity index (χ0v) is 16.3. The number of amides is 1. The quantitative estimate of drug-likeness (QED) is 0.743. The van der Waals surface area contributed by atoms with Gasteiger partial charge in [0.2, 0.25) is 10.0 Å². The third-order valence-corrected chi connectivity index (χ3v) is 6.61. The van der Waals surface area contributed by atoms with E-state index in [0.717, 1.165) is 24.8 Å². The van der Waals surface area contributed by atoms with Gasteiger partial charge < -0.3 is 0 Å². The lowest BCUT2D eigenvalue weighted by molar-refractivity contribution is 0.0233. The Bertz CT molecular complexity index is 897. The van der Waals surface area contributed by atoms with Crippen LogP contribution in [-0.2, 0) is 21.5 Å². The van der Waals surface area contributed by atoms with Crippen molar-refractivity contribution >= 4 is 27.5 Å². The van der Waals surface area contributed by atoms with Gasteiger partial charge in [-0.1, -0.05) is 48.4 Å². The summed E-state index contributed by atoms with van der Waals surface area (Å²) in [5.74, 6) is -0.591. The molecule has 1 heterocycles. The molecule has 0 spiro atoms. The summed E-state index contributed by atoms with van der Waals surface area (Å²) in [7, 11) is -3.64. The highest BCUT2D eigenvalue weighted by atomic mass is 35.5. The van der Waals surface area contributed by atoms with Gasteiger partial charge in [-0.2, -0.15) is 4.31 Å². The van der Waals surface area contributed by atoms with Crippen molar-refractivity contribution in [3.05, 3.63) is 64.7 Å². The second-order valence-electron chi connectivity index (χ2n) is 6.31. The maximum absolute atomic E-state index is 12.8. The van der Waals surface area contributed by atoms with E-state index in [1.165, 1.54) is 22.5 Å². The number of carbonyl (C=O) groups excluding carboxylic acids is 1. The highest BCUT2D eigenvalue weighted by Crippen LogP contribution is 2.25. The average molecular weight is 409 g/mol. The van der Waals surface area contributed by atoms with Crippen molar-refractivity contribution in [1.82, 2.24) is 9.79 Å². The van der Waals surface area contributed by atoms with Gasteiger partial charge in [0, 0.05) is 13.1 Å². The van der Waals surface area contributed by atoms with E-state index in [1.54, 1.807) is 0 Å². The molecular weight excluding hydrogens is 388 g/mol. The summed E-state index contributed by atoms with van der Waals surface area (Å²) in [4.78, 5) is 17.7. The molecule has 1 aliphatic rings. The number of carbonyl (C=O) groups is 1. The summed E-state index contributed by atoms with van der Waals surface area (Å²) in [5, 5.41) is 0.161. The molecule has 0 radical (unpaired) electrons. The van der Waals surface area contributed by atoms with Gasteiger partial charge in [0.05, 0.1) is 22.1 Å². The Labute approximate surface area is 164 Å². The van der Waals surface area contributed by atoms with Crippen LogP contribution < -0.4 is 5.48 Å². The highest BCUT2D eigenvalue weighted by Gasteiger charge is 2.27. The molecule has 0 bridgehead atoms. The minimum atomic E-state index is -3.64. The second-order valence-corrected chi connectivity index (χ2v) is 8.66. The monoisotopic (exact) mass is 408 g/mol. The summed E-state index contributed by atoms with van der Waals surface area (Å²) < 4.78 is 27.0. The number of sulfonamides is 1. The third kappa shape index (κ3) is 4.87. The zero-order valence-electron chi connectivity index (χ0n) is 14.7. The zero-order chi connectivity index (χ0) is 19.3. The first-order chi connectivity index (χ1) is 13.0. The van der Waals surface area contributed by atoms with Crippen molar-refractivity contribution in [3.63, 3.8) is 0 Å². The average Bonchev–Trinajstić information content (AvgIpc) is 2.69. The fraction of sp³-hybridized carbons (Fsp3) is 0.316. The molecular formula is C19H21ClN2O4S. The summed E-state index contributed by atoms with van der Waals surface area (Å²) in [6.07, 6.45) is 2.71. The predicted molar refractivity (Wildman–Crippen MR) is 103 cm³/mol. The molecule has 2 aromatic carbocycles. The van der Waals surface area contributed by atoms with Gasteiger partial charge in [-0.25, -0.2) is 13.9 Å². The second kappa shape index (κ2) is 8.84. The molecule has 0 saturated carbocycles. The van der Waals surface area contributed by atoms with Crippen LogP contribution in [0.4, 0.5) is 0 Å². The number of hydroxylamine groups is 1. The van der Waals surface area contributed by atoms with Crippen molar-refractivity contribution in [2.75, 3.05) is 13.1 Å². The first-order valence-corrected chi connectivity index (χ1v) is 10.6. The first kappa shape index (κ1) is 19.8. The topological polar surface area (TPSA) is 75.7 Å². The van der Waals surface area contributed by atoms with Gasteiger partial charge in [0.15, 0.2) is 0 Å². The Kier molecular flexibility index (Phi) is 6.49. The van der Waals surface area contributed by atoms with Crippen LogP contribution >= 0.6 is 11.6 Å². The summed E-state index contributed by atoms with van der Waals surface area (Å²) >= 11 is 6.10. The number of hydrogen-bond acceptors (Lipinski definition) is 4. The van der Waals surface area contributed by atoms with Crippen LogP contribution in [0.1, 0.15) is 35.2 Å². The SMILES string of the molecule is O=C(NOCc1ccccc1)c1cc(S(=O)(=O)N2CCCCC2)ccc1Cl. The van der Waals surface area contributed by atoms with Crippen LogP contribution in [0.3, 0.4) is 0 Å². The Hall–Kier alpha value is -1.93. The van der Waals surface area contributed by atoms with E-state index in [1.807, 2.05) is 30.3 Å². The Morgan fingerprint density at radius 2 is 1.78 bits per heavy atom. The van der Waals surface area contributed by atoms with E-state index in [2.05, 4.69) is 5.48 Å². The number of rotatable bonds is 6. The molecule has 1 saturated heterocycles. The van der Waals surface area contributed by atoms with Crippen LogP contribution in [-0.4, -0.2) is 31.7 Å². The smallest absolute Gasteiger partial charge is 0.269 e. The van der Waals surface area contributed by atoms with Gasteiger partial charge in [-0.3, -0.25) is 9.63 Å². The molecule has 1 N–H and O–H groups in total. The number of nitrogens with zero attached hydrogens (tertiary/aromatic N) is 1. The van der Waals surface area contributed by atoms with Gasteiger partial charge in [-0.15, -0.1) is 0 Å². The van der Waals surface area contributed by atoms with E-state index >= 15 is 0 Å². The Morgan fingerprint density at radius 3 is 2.48 bits per heavy atom. The molecule has 3 rings (SSSR count). The first-order valence-electron chi connectivity index (χ1n) is 8.74. The van der Waals surface area contributed by atoms with E-state index < -0.39 is 15.9 Å². The number of benzene rings is 2. The van der Waals surface area contributed by atoms with Gasteiger partial charge in [0.1, 0.15) is 0 Å². The molecule has 8 heteroatoms. The molecule has 1 aliphatic heterocycles. The minimum absolute atomic E-state index is 0.0574. The lowest BCUT2D eigenvalue weighted by Gasteiger charge is -2.26. The largest absolute Gasteiger partial charge is 0.276 e. The molecule has 6 nitrogen and oxygen atoms in total. The predicted octanol–water partition coefficient (Wildman–Crippen LogP) is 3.38. The van der Waals surface area contributed by atoms with Gasteiger partial charge in [0.25, 0.3) is 5.91 Å². The van der Waals surface area contributed by atoms with Crippen molar-refractivity contribution < 1.29 is 18.0 Å². The van der Waals surface area contributed by atoms with Crippen molar-refractivity contribution in [2.45, 2.75) is 30.8 Å². The van der Waals surface area contributed by atoms with E-state index in [-0.39, 0.29) is 22.1 Å². The van der Waals surface area contributed by atoms with E-state index in [9.17, 15) is 13.2 Å². The number of nitrogens with one attached hydrogen (secondary N) is 1. The van der Waals surface area contributed by atoms with Crippen molar-refractivity contribution in [1.29, 1.82) is 0 Å². The summed E-state index contributed by atoms with van der Waals surface area (Å²) in [6, 6.07) is 13.5. The number of hydrogen-bond donors (Lipinski definition) is 1. The maximum atomic E-state index is 12.8. The van der Waals surface area contributed by atoms with Crippen LogP contribution in [0.2, 0.25) is 5.02 Å². The lowest BCUT2D eigenvalue weighted by Crippen LogP contribution is -2.35. The highest BCUT2D eigenvalue weighted by molar-refractivity contribution is 7.89. The maximum Gasteiger partial charge on any atom is 0.276 e. The van der Waals surface area contributed by atoms with Gasteiger partial charge in [-0.05, 0) is 36.6 Å². The van der Waals surface area contributed by atoms with Crippen molar-refractivity contribution in [2.24, 2.45) is 0 Å². The van der Waals surface area contributed by atoms with E-state index in [4.69, 9.17) is 16.4 Å². The summed E-state index contributed by atoms with van der Waals surface area (Å²) in [5.41, 5.74) is 3.27. The molecule has 1 fully saturated rings. The van der Waals surface area contributed by atoms with Gasteiger partial charge >= 0.3 is 0 Å². The molecule has 2 aromatic rings. The molecule has 1 amide bonds. The normalized spacial score (nSPS) is 15.4. The van der Waals surface area contributed by atoms with Crippen LogP contribution in [0.25, 0.3) is 0 Å². The fourth-order valence-electron chi connectivity index (χ4n) is 2.91. The Balaban J connectivity index is 1.71. The fourth-order valence-corrected chi connectivity index (χ4v) is 4.65. The molecule has 0 atom stereocenters. The van der Waals surface area contributed by atoms with Crippen molar-refractivity contribution in [3.8, 4) is 0 Å². The number of piperidine rings is 1. The standard InChI is InChI=1S/C19H21ClN2O4S/c20-18-10-9-16(27(24,25)22-11-5-2-6-12-22)13-17(18)19(23)21-26-14-15-7-3-1-4-8-15/h1,3-4,7-10,13H,2,5-6,11-12,14H2,(H,21,23). The van der Waals surface area contributed by atoms with E-state index in [0.29, 0.717) is 13.1 Å². The Morgan fingerprint density at radius 1 is 1.07 bits per heavy atom. The number of halogens is 1. The minimum Gasteiger partial charge on any atom is -0.269 e. The van der Waals surface area contributed by atoms with Crippen LogP contribution in [0, 0.1) is 0 Å². The molecule has 27 heavy (non-hydrogen) atoms. The van der Waals surface area contributed by atoms with Crippen LogP contribution in [0.5, 0.6) is 0 Å². The molecule has 144 valence electrons. The molecule has 0 aliphatic carbocycles. The molecule has 0 unspecified atom stereocenters. The van der Waals surface area contributed by atoms with Crippen LogP contribution in [0.15, 0.2) is 53.4 Å². The lowest BCUT2D eigenvalue weighted by atomic mass is 10.2. The summed E-state index contributed by atoms with van der Waals surface area (Å²) in [6.45, 7) is 1.18.